The minimum atomic E-state index is -1.85. The van der Waals surface area contributed by atoms with Crippen LogP contribution in [0.15, 0.2) is 24.3 Å². The molecule has 8 N–H and O–H groups in total. The minimum absolute atomic E-state index is 0.0477. The van der Waals surface area contributed by atoms with E-state index >= 15 is 0 Å². The summed E-state index contributed by atoms with van der Waals surface area (Å²) >= 11 is 0. The number of carbonyl (C=O) groups excluding carboxylic acids is 2. The van der Waals surface area contributed by atoms with Gasteiger partial charge >= 0.3 is 0 Å². The third kappa shape index (κ3) is 5.49. The van der Waals surface area contributed by atoms with Gasteiger partial charge in [-0.1, -0.05) is 0 Å². The number of methoxy groups -OCH3 is 1. The first kappa shape index (κ1) is 31.2. The van der Waals surface area contributed by atoms with Gasteiger partial charge in [-0.3, -0.25) is 9.59 Å². The van der Waals surface area contributed by atoms with Gasteiger partial charge in [0, 0.05) is 17.2 Å². The lowest BCUT2D eigenvalue weighted by Gasteiger charge is -2.42. The van der Waals surface area contributed by atoms with Crippen LogP contribution < -0.4 is 9.47 Å². The number of fused-ring (bicyclic) bond motifs is 2. The lowest BCUT2D eigenvalue weighted by Crippen LogP contribution is -2.62. The molecule has 2 fully saturated rings. The van der Waals surface area contributed by atoms with Crippen LogP contribution >= 0.6 is 0 Å². The molecule has 1 aliphatic carbocycles. The molecule has 10 atom stereocenters. The van der Waals surface area contributed by atoms with Gasteiger partial charge in [-0.25, -0.2) is 0 Å². The quantitative estimate of drug-likeness (QED) is 0.138. The van der Waals surface area contributed by atoms with Crippen LogP contribution in [0.5, 0.6) is 17.2 Å². The molecule has 0 radical (unpaired) electrons. The molecular weight excluding hydrogens is 576 g/mol. The monoisotopic (exact) mass is 608 g/mol. The highest BCUT2D eigenvalue weighted by atomic mass is 16.7. The number of aliphatic hydroxyl groups is 7. The maximum Gasteiger partial charge on any atom is 0.229 e. The lowest BCUT2D eigenvalue weighted by atomic mass is 9.82. The summed E-state index contributed by atoms with van der Waals surface area (Å²) in [6.07, 6.45) is -16.5. The molecule has 10 unspecified atom stereocenters. The van der Waals surface area contributed by atoms with Crippen LogP contribution in [0, 0.1) is 6.92 Å². The van der Waals surface area contributed by atoms with E-state index in [9.17, 15) is 50.4 Å². The number of phenolic OH excluding ortho intramolecular Hbond substituents is 1. The third-order valence-electron chi connectivity index (χ3n) is 7.70. The van der Waals surface area contributed by atoms with Gasteiger partial charge in [-0.2, -0.15) is 0 Å². The standard InChI is InChI=1S/C28H32O15/c1-9-3-11-18(22(34)17-12(19(11)31)5-10(39-2)6-13(17)30)14(4-9)41-28-26(38)24(36)21(33)16(43-28)8-40-27-25(37)23(35)20(32)15(7-29)42-27/h3-6,15-16,20-21,23-30,32-33,35-38H,7-8H2,1-2H3. The number of phenols is 1. The fourth-order valence-corrected chi connectivity index (χ4v) is 5.34. The Hall–Kier alpha value is -3.22. The zero-order chi connectivity index (χ0) is 31.3. The summed E-state index contributed by atoms with van der Waals surface area (Å²) in [5, 5.41) is 81.8. The number of ketones is 2. The molecule has 2 aromatic rings. The Kier molecular flexibility index (Phi) is 8.75. The van der Waals surface area contributed by atoms with Gasteiger partial charge < -0.3 is 64.5 Å². The molecule has 0 aromatic heterocycles. The van der Waals surface area contributed by atoms with Crippen molar-refractivity contribution in [3.05, 3.63) is 52.1 Å². The third-order valence-corrected chi connectivity index (χ3v) is 7.70. The van der Waals surface area contributed by atoms with Crippen LogP contribution in [0.2, 0.25) is 0 Å². The van der Waals surface area contributed by atoms with Crippen molar-refractivity contribution in [2.75, 3.05) is 20.3 Å². The Labute approximate surface area is 244 Å². The van der Waals surface area contributed by atoms with Crippen LogP contribution in [0.3, 0.4) is 0 Å². The van der Waals surface area contributed by atoms with Gasteiger partial charge in [0.25, 0.3) is 0 Å². The van der Waals surface area contributed by atoms with Crippen molar-refractivity contribution in [2.45, 2.75) is 68.3 Å². The summed E-state index contributed by atoms with van der Waals surface area (Å²) in [5.41, 5.74) is -0.149. The summed E-state index contributed by atoms with van der Waals surface area (Å²) in [4.78, 5) is 27.0. The van der Waals surface area contributed by atoms with E-state index in [0.717, 1.165) is 0 Å². The molecule has 0 spiro atoms. The topological polar surface area (TPSA) is 242 Å². The number of aryl methyl sites for hydroxylation is 1. The fourth-order valence-electron chi connectivity index (χ4n) is 5.34. The molecule has 2 heterocycles. The van der Waals surface area contributed by atoms with Crippen LogP contribution in [0.1, 0.15) is 37.4 Å². The fraction of sp³-hybridized carbons (Fsp3) is 0.500. The second-order valence-corrected chi connectivity index (χ2v) is 10.6. The van der Waals surface area contributed by atoms with E-state index < -0.39 is 91.9 Å². The Morgan fingerprint density at radius 3 is 2.00 bits per heavy atom. The van der Waals surface area contributed by atoms with Crippen LogP contribution in [-0.4, -0.2) is 134 Å². The van der Waals surface area contributed by atoms with Crippen molar-refractivity contribution in [3.8, 4) is 17.2 Å². The van der Waals surface area contributed by atoms with Gasteiger partial charge in [0.05, 0.1) is 31.5 Å². The van der Waals surface area contributed by atoms with Gasteiger partial charge in [0.1, 0.15) is 66.1 Å². The number of hydrogen-bond acceptors (Lipinski definition) is 15. The summed E-state index contributed by atoms with van der Waals surface area (Å²) in [7, 11) is 1.34. The van der Waals surface area contributed by atoms with Gasteiger partial charge in [0.15, 0.2) is 12.1 Å². The number of hydrogen-bond donors (Lipinski definition) is 8. The number of carbonyl (C=O) groups is 2. The van der Waals surface area contributed by atoms with E-state index in [1.165, 1.54) is 31.4 Å². The zero-order valence-corrected chi connectivity index (χ0v) is 22.9. The lowest BCUT2D eigenvalue weighted by molar-refractivity contribution is -0.323. The second kappa shape index (κ2) is 12.0. The molecule has 2 aliphatic heterocycles. The molecule has 234 valence electrons. The first-order chi connectivity index (χ1) is 20.4. The molecule has 0 amide bonds. The van der Waals surface area contributed by atoms with Gasteiger partial charge in [-0.05, 0) is 30.7 Å². The van der Waals surface area contributed by atoms with Crippen LogP contribution in [0.25, 0.3) is 0 Å². The summed E-state index contributed by atoms with van der Waals surface area (Å²) in [5.74, 6) is -1.90. The summed E-state index contributed by atoms with van der Waals surface area (Å²) < 4.78 is 27.3. The average Bonchev–Trinajstić information content (AvgIpc) is 2.98. The van der Waals surface area contributed by atoms with E-state index in [4.69, 9.17) is 23.7 Å². The van der Waals surface area contributed by atoms with Gasteiger partial charge in [0.2, 0.25) is 12.1 Å². The average molecular weight is 609 g/mol. The number of aliphatic hydroxyl groups excluding tert-OH is 7. The summed E-state index contributed by atoms with van der Waals surface area (Å²) in [6.45, 7) is 0.323. The van der Waals surface area contributed by atoms with Crippen LogP contribution in [0.4, 0.5) is 0 Å². The minimum Gasteiger partial charge on any atom is -0.507 e. The predicted octanol–water partition coefficient (Wildman–Crippen LogP) is -2.51. The van der Waals surface area contributed by atoms with E-state index in [1.807, 2.05) is 0 Å². The molecule has 2 saturated heterocycles. The van der Waals surface area contributed by atoms with Crippen molar-refractivity contribution < 1.29 is 74.1 Å². The molecule has 15 nitrogen and oxygen atoms in total. The van der Waals surface area contributed by atoms with Crippen molar-refractivity contribution in [2.24, 2.45) is 0 Å². The van der Waals surface area contributed by atoms with Gasteiger partial charge in [-0.15, -0.1) is 0 Å². The van der Waals surface area contributed by atoms with E-state index in [-0.39, 0.29) is 33.8 Å². The van der Waals surface area contributed by atoms with E-state index in [2.05, 4.69) is 0 Å². The number of benzene rings is 2. The Morgan fingerprint density at radius 2 is 1.35 bits per heavy atom. The second-order valence-electron chi connectivity index (χ2n) is 10.6. The first-order valence-corrected chi connectivity index (χ1v) is 13.3. The largest absolute Gasteiger partial charge is 0.507 e. The highest BCUT2D eigenvalue weighted by molar-refractivity contribution is 6.30. The molecule has 3 aliphatic rings. The zero-order valence-electron chi connectivity index (χ0n) is 22.9. The normalized spacial score (nSPS) is 34.0. The molecule has 15 heteroatoms. The molecule has 0 saturated carbocycles. The van der Waals surface area contributed by atoms with Crippen molar-refractivity contribution >= 4 is 11.6 Å². The highest BCUT2D eigenvalue weighted by Crippen LogP contribution is 2.40. The smallest absolute Gasteiger partial charge is 0.229 e. The van der Waals surface area contributed by atoms with Crippen LogP contribution in [-0.2, 0) is 14.2 Å². The first-order valence-electron chi connectivity index (χ1n) is 13.3. The van der Waals surface area contributed by atoms with Crippen molar-refractivity contribution in [1.82, 2.24) is 0 Å². The maximum atomic E-state index is 13.6. The molecule has 5 rings (SSSR count). The number of aromatic hydroxyl groups is 1. The highest BCUT2D eigenvalue weighted by Gasteiger charge is 2.48. The summed E-state index contributed by atoms with van der Waals surface area (Å²) in [6, 6.07) is 5.35. The Morgan fingerprint density at radius 1 is 0.744 bits per heavy atom. The van der Waals surface area contributed by atoms with Crippen molar-refractivity contribution in [1.29, 1.82) is 0 Å². The molecule has 2 aromatic carbocycles. The SMILES string of the molecule is COc1cc(O)c2c(c1)C(=O)c1cc(C)cc(OC3OC(COC4OC(CO)C(O)C(O)C4O)C(O)C(O)C3O)c1C2=O. The maximum absolute atomic E-state index is 13.6. The molecule has 43 heavy (non-hydrogen) atoms. The van der Waals surface area contributed by atoms with Crippen molar-refractivity contribution in [3.63, 3.8) is 0 Å². The molecule has 0 bridgehead atoms. The number of ether oxygens (including phenoxy) is 5. The Balaban J connectivity index is 1.40. The van der Waals surface area contributed by atoms with E-state index in [1.54, 1.807) is 6.92 Å². The van der Waals surface area contributed by atoms with E-state index in [0.29, 0.717) is 5.56 Å². The number of rotatable bonds is 7. The predicted molar refractivity (Wildman–Crippen MR) is 140 cm³/mol. The molecular formula is C28H32O15. The Bertz CT molecular complexity index is 1390.